The average molecular weight is 519 g/mol. The van der Waals surface area contributed by atoms with Crippen LogP contribution in [-0.4, -0.2) is 91.5 Å². The smallest absolute Gasteiger partial charge is 0.346 e. The van der Waals surface area contributed by atoms with Crippen LogP contribution in [0.15, 0.2) is 4.99 Å². The van der Waals surface area contributed by atoms with Gasteiger partial charge in [-0.2, -0.15) is 56.7 Å². The highest BCUT2D eigenvalue weighted by atomic mass is 32.2. The van der Waals surface area contributed by atoms with Crippen molar-refractivity contribution in [3.63, 3.8) is 0 Å². The van der Waals surface area contributed by atoms with E-state index in [1.165, 1.54) is 43.2 Å². The molecule has 0 radical (unpaired) electrons. The largest absolute Gasteiger partial charge is 0.462 e. The third kappa shape index (κ3) is 5.64. The topological polar surface area (TPSA) is 82.4 Å². The SMILES string of the molecule is CN1CCCN2CCCN=C12.O=S(=O)(O)C(F)(F)C(F)(F)OC(F)(F)C(F)(F)C(F)(F)F. The molecule has 2 aliphatic rings. The van der Waals surface area contributed by atoms with Crippen LogP contribution in [0.5, 0.6) is 0 Å². The Bertz CT molecular complexity index is 801. The fourth-order valence-electron chi connectivity index (χ4n) is 2.41. The van der Waals surface area contributed by atoms with E-state index in [1.54, 1.807) is 0 Å². The molecule has 2 rings (SSSR count). The highest BCUT2D eigenvalue weighted by molar-refractivity contribution is 7.86. The molecule has 32 heavy (non-hydrogen) atoms. The zero-order valence-electron chi connectivity index (χ0n) is 15.8. The second-order valence-electron chi connectivity index (χ2n) is 6.50. The van der Waals surface area contributed by atoms with Crippen LogP contribution in [0.4, 0.5) is 48.3 Å². The molecule has 0 unspecified atom stereocenters. The Kier molecular flexibility index (Phi) is 7.95. The highest BCUT2D eigenvalue weighted by Crippen LogP contribution is 2.51. The van der Waals surface area contributed by atoms with E-state index < -0.39 is 39.7 Å². The van der Waals surface area contributed by atoms with E-state index in [1.807, 2.05) is 0 Å². The summed E-state index contributed by atoms with van der Waals surface area (Å²) in [5.41, 5.74) is 0. The molecule has 0 aliphatic carbocycles. The average Bonchev–Trinajstić information content (AvgIpc) is 2.59. The number of hydrogen-bond donors (Lipinski definition) is 1. The minimum Gasteiger partial charge on any atom is -0.346 e. The van der Waals surface area contributed by atoms with E-state index in [4.69, 9.17) is 4.55 Å². The lowest BCUT2D eigenvalue weighted by Gasteiger charge is -2.39. The monoisotopic (exact) mass is 519 g/mol. The van der Waals surface area contributed by atoms with Gasteiger partial charge in [-0.25, -0.2) is 4.74 Å². The zero-order chi connectivity index (χ0) is 25.4. The number of alkyl halides is 11. The van der Waals surface area contributed by atoms with E-state index in [0.717, 1.165) is 6.54 Å². The van der Waals surface area contributed by atoms with E-state index in [9.17, 15) is 56.7 Å². The normalized spacial score (nSPS) is 19.1. The third-order valence-electron chi connectivity index (χ3n) is 4.03. The van der Waals surface area contributed by atoms with Crippen LogP contribution in [0.2, 0.25) is 0 Å². The number of aliphatic imine (C=N–C) groups is 1. The molecular formula is C13H16F11N3O4S. The van der Waals surface area contributed by atoms with E-state index in [-0.39, 0.29) is 0 Å². The maximum atomic E-state index is 12.4. The first kappa shape index (κ1) is 28.4. The minimum absolute atomic E-state index is 1.02. The Hall–Kier alpha value is -1.63. The first-order valence-electron chi connectivity index (χ1n) is 8.34. The molecule has 0 spiro atoms. The van der Waals surface area contributed by atoms with Crippen molar-refractivity contribution in [2.24, 2.45) is 4.99 Å². The van der Waals surface area contributed by atoms with Crippen LogP contribution in [0.1, 0.15) is 12.8 Å². The number of rotatable bonds is 5. The first-order valence-corrected chi connectivity index (χ1v) is 9.78. The van der Waals surface area contributed by atoms with Crippen molar-refractivity contribution in [3.8, 4) is 0 Å². The van der Waals surface area contributed by atoms with E-state index in [2.05, 4.69) is 21.8 Å². The molecule has 0 aromatic rings. The molecule has 0 aromatic heterocycles. The van der Waals surface area contributed by atoms with Gasteiger partial charge in [0.05, 0.1) is 0 Å². The van der Waals surface area contributed by atoms with Gasteiger partial charge in [0, 0.05) is 33.2 Å². The molecule has 0 bridgehead atoms. The van der Waals surface area contributed by atoms with Gasteiger partial charge in [0.2, 0.25) is 0 Å². The van der Waals surface area contributed by atoms with Crippen LogP contribution in [0, 0.1) is 0 Å². The van der Waals surface area contributed by atoms with Gasteiger partial charge < -0.3 is 9.80 Å². The second kappa shape index (κ2) is 8.96. The van der Waals surface area contributed by atoms with Crippen molar-refractivity contribution in [1.82, 2.24) is 9.80 Å². The standard InChI is InChI=1S/C8H15N3.C5HF11O4S/c1-10-5-3-7-11-6-2-4-9-8(10)11;6-1(7,2(8,9)10)3(11,12)20-4(13,14)5(15,16)21(17,18)19/h2-7H2,1H3;(H,17,18,19). The molecule has 0 atom stereocenters. The molecule has 0 saturated carbocycles. The lowest BCUT2D eigenvalue weighted by atomic mass is 10.2. The Labute approximate surface area is 173 Å². The predicted octanol–water partition coefficient (Wildman–Crippen LogP) is 3.25. The second-order valence-corrected chi connectivity index (χ2v) is 7.96. The summed E-state index contributed by atoms with van der Waals surface area (Å²) < 4.78 is 162. The summed E-state index contributed by atoms with van der Waals surface area (Å²) in [4.78, 5) is 9.16. The summed E-state index contributed by atoms with van der Waals surface area (Å²) in [6.07, 6.45) is -19.1. The summed E-state index contributed by atoms with van der Waals surface area (Å²) in [5.74, 6) is -6.14. The van der Waals surface area contributed by atoms with E-state index >= 15 is 0 Å². The van der Waals surface area contributed by atoms with Crippen LogP contribution in [-0.2, 0) is 14.9 Å². The lowest BCUT2D eigenvalue weighted by molar-refractivity contribution is -0.488. The molecule has 1 saturated heterocycles. The van der Waals surface area contributed by atoms with Crippen LogP contribution in [0.3, 0.4) is 0 Å². The summed E-state index contributed by atoms with van der Waals surface area (Å²) in [7, 11) is -5.05. The molecule has 0 amide bonds. The summed E-state index contributed by atoms with van der Waals surface area (Å²) in [6.45, 7) is 4.62. The first-order chi connectivity index (χ1) is 14.1. The summed E-state index contributed by atoms with van der Waals surface area (Å²) in [6, 6.07) is 0. The van der Waals surface area contributed by atoms with Gasteiger partial charge >= 0.3 is 39.7 Å². The number of halogens is 11. The van der Waals surface area contributed by atoms with Crippen molar-refractivity contribution in [3.05, 3.63) is 0 Å². The van der Waals surface area contributed by atoms with Crippen molar-refractivity contribution in [1.29, 1.82) is 0 Å². The van der Waals surface area contributed by atoms with Gasteiger partial charge in [0.25, 0.3) is 0 Å². The summed E-state index contributed by atoms with van der Waals surface area (Å²) in [5, 5.41) is -6.93. The number of fused-ring (bicyclic) bond motifs is 1. The summed E-state index contributed by atoms with van der Waals surface area (Å²) >= 11 is 0. The van der Waals surface area contributed by atoms with Gasteiger partial charge in [-0.15, -0.1) is 0 Å². The lowest BCUT2D eigenvalue weighted by Crippen LogP contribution is -2.59. The maximum Gasteiger partial charge on any atom is 0.462 e. The quantitative estimate of drug-likeness (QED) is 0.444. The Morgan fingerprint density at radius 1 is 0.875 bits per heavy atom. The number of hydrogen-bond acceptors (Lipinski definition) is 6. The Balaban J connectivity index is 0.000000382. The minimum atomic E-state index is -7.36. The van der Waals surface area contributed by atoms with E-state index in [0.29, 0.717) is 0 Å². The predicted molar refractivity (Wildman–Crippen MR) is 84.2 cm³/mol. The molecule has 190 valence electrons. The highest BCUT2D eigenvalue weighted by Gasteiger charge is 2.80. The molecule has 0 aromatic carbocycles. The molecule has 7 nitrogen and oxygen atoms in total. The molecule has 1 N–H and O–H groups in total. The number of guanidine groups is 1. The Morgan fingerprint density at radius 2 is 1.38 bits per heavy atom. The van der Waals surface area contributed by atoms with Gasteiger partial charge in [-0.1, -0.05) is 0 Å². The van der Waals surface area contributed by atoms with Gasteiger partial charge in [-0.3, -0.25) is 9.55 Å². The fraction of sp³-hybridized carbons (Fsp3) is 0.923. The van der Waals surface area contributed by atoms with Crippen LogP contribution in [0.25, 0.3) is 0 Å². The molecule has 2 aliphatic heterocycles. The number of ether oxygens (including phenoxy) is 1. The van der Waals surface area contributed by atoms with Crippen LogP contribution >= 0.6 is 0 Å². The van der Waals surface area contributed by atoms with Crippen molar-refractivity contribution < 1.29 is 66.0 Å². The van der Waals surface area contributed by atoms with Gasteiger partial charge in [0.15, 0.2) is 5.96 Å². The third-order valence-corrected chi connectivity index (χ3v) is 4.91. The fourth-order valence-corrected chi connectivity index (χ4v) is 2.75. The van der Waals surface area contributed by atoms with Crippen LogP contribution < -0.4 is 0 Å². The van der Waals surface area contributed by atoms with Crippen molar-refractivity contribution >= 4 is 16.1 Å². The van der Waals surface area contributed by atoms with Crippen molar-refractivity contribution in [2.45, 2.75) is 42.4 Å². The number of nitrogens with zero attached hydrogens (tertiary/aromatic N) is 3. The molecule has 19 heteroatoms. The molecule has 1 fully saturated rings. The maximum absolute atomic E-state index is 12.4. The molecular weight excluding hydrogens is 503 g/mol. The van der Waals surface area contributed by atoms with Gasteiger partial charge in [0.1, 0.15) is 0 Å². The van der Waals surface area contributed by atoms with Crippen molar-refractivity contribution in [2.75, 3.05) is 33.2 Å². The zero-order valence-corrected chi connectivity index (χ0v) is 16.6. The van der Waals surface area contributed by atoms with Gasteiger partial charge in [-0.05, 0) is 12.8 Å². The molecule has 2 heterocycles. The Morgan fingerprint density at radius 3 is 1.81 bits per heavy atom.